The first-order chi connectivity index (χ1) is 10.7. The van der Waals surface area contributed by atoms with E-state index in [-0.39, 0.29) is 5.69 Å². The number of nitrogens with zero attached hydrogens (tertiary/aromatic N) is 3. The van der Waals surface area contributed by atoms with E-state index in [2.05, 4.69) is 4.98 Å². The number of methoxy groups -OCH3 is 1. The van der Waals surface area contributed by atoms with E-state index in [1.165, 1.54) is 12.1 Å². The molecule has 2 aromatic heterocycles. The number of aromatic nitrogens is 2. The number of rotatable bonds is 2. The van der Waals surface area contributed by atoms with Crippen LogP contribution < -0.4 is 4.74 Å². The van der Waals surface area contributed by atoms with Crippen LogP contribution in [0.3, 0.4) is 0 Å². The summed E-state index contributed by atoms with van der Waals surface area (Å²) in [5, 5.41) is 12.9. The quantitative estimate of drug-likeness (QED) is 0.418. The maximum absolute atomic E-state index is 10.9. The molecule has 6 heteroatoms. The van der Waals surface area contributed by atoms with Crippen LogP contribution in [-0.2, 0) is 0 Å². The molecular formula is C16H11N3O3. The Labute approximate surface area is 124 Å². The lowest BCUT2D eigenvalue weighted by Gasteiger charge is -2.04. The fourth-order valence-corrected chi connectivity index (χ4v) is 2.71. The highest BCUT2D eigenvalue weighted by Crippen LogP contribution is 2.28. The van der Waals surface area contributed by atoms with Gasteiger partial charge in [-0.15, -0.1) is 0 Å². The van der Waals surface area contributed by atoms with Gasteiger partial charge in [-0.3, -0.25) is 14.5 Å². The number of benzene rings is 2. The van der Waals surface area contributed by atoms with Gasteiger partial charge >= 0.3 is 0 Å². The fourth-order valence-electron chi connectivity index (χ4n) is 2.71. The smallest absolute Gasteiger partial charge is 0.271 e. The van der Waals surface area contributed by atoms with E-state index in [9.17, 15) is 10.1 Å². The first kappa shape index (κ1) is 12.6. The first-order valence-corrected chi connectivity index (χ1v) is 6.70. The lowest BCUT2D eigenvalue weighted by atomic mass is 10.1. The van der Waals surface area contributed by atoms with Crippen molar-refractivity contribution < 1.29 is 9.66 Å². The van der Waals surface area contributed by atoms with Crippen LogP contribution >= 0.6 is 0 Å². The lowest BCUT2D eigenvalue weighted by molar-refractivity contribution is -0.384. The monoisotopic (exact) mass is 293 g/mol. The van der Waals surface area contributed by atoms with Gasteiger partial charge in [0.2, 0.25) is 0 Å². The Morgan fingerprint density at radius 3 is 2.82 bits per heavy atom. The summed E-state index contributed by atoms with van der Waals surface area (Å²) in [5.41, 5.74) is 2.27. The largest absolute Gasteiger partial charge is 0.497 e. The summed E-state index contributed by atoms with van der Waals surface area (Å²) in [6, 6.07) is 12.5. The Bertz CT molecular complexity index is 1050. The number of ether oxygens (including phenoxy) is 1. The van der Waals surface area contributed by atoms with Crippen molar-refractivity contribution in [3.05, 3.63) is 58.8 Å². The molecule has 4 aromatic rings. The molecule has 0 N–H and O–H groups in total. The third kappa shape index (κ3) is 1.70. The SMILES string of the molecule is COc1ccc2c(ccn3c4ccc([N+](=O)[O-])cc4nc23)c1. The van der Waals surface area contributed by atoms with Crippen LogP contribution in [-0.4, -0.2) is 21.4 Å². The third-order valence-electron chi connectivity index (χ3n) is 3.79. The molecule has 0 bridgehead atoms. The number of nitro groups is 1. The molecule has 6 nitrogen and oxygen atoms in total. The average Bonchev–Trinajstić information content (AvgIpc) is 2.92. The minimum atomic E-state index is -0.410. The maximum atomic E-state index is 10.9. The number of non-ortho nitro benzene ring substituents is 1. The van der Waals surface area contributed by atoms with Crippen LogP contribution in [0, 0.1) is 10.1 Å². The van der Waals surface area contributed by atoms with Crippen molar-refractivity contribution in [2.24, 2.45) is 0 Å². The van der Waals surface area contributed by atoms with E-state index in [1.807, 2.05) is 34.9 Å². The summed E-state index contributed by atoms with van der Waals surface area (Å²) in [5.74, 6) is 0.781. The van der Waals surface area contributed by atoms with Crippen molar-refractivity contribution in [2.75, 3.05) is 7.11 Å². The minimum absolute atomic E-state index is 0.0434. The highest BCUT2D eigenvalue weighted by atomic mass is 16.6. The van der Waals surface area contributed by atoms with E-state index >= 15 is 0 Å². The number of hydrogen-bond donors (Lipinski definition) is 0. The van der Waals surface area contributed by atoms with Crippen molar-refractivity contribution in [3.63, 3.8) is 0 Å². The molecular weight excluding hydrogens is 282 g/mol. The lowest BCUT2D eigenvalue weighted by Crippen LogP contribution is -1.88. The molecule has 0 spiro atoms. The highest BCUT2D eigenvalue weighted by Gasteiger charge is 2.12. The minimum Gasteiger partial charge on any atom is -0.497 e. The maximum Gasteiger partial charge on any atom is 0.271 e. The van der Waals surface area contributed by atoms with Crippen molar-refractivity contribution in [1.82, 2.24) is 9.38 Å². The van der Waals surface area contributed by atoms with Gasteiger partial charge in [-0.25, -0.2) is 4.98 Å². The van der Waals surface area contributed by atoms with Crippen molar-refractivity contribution >= 4 is 33.1 Å². The van der Waals surface area contributed by atoms with E-state index in [1.54, 1.807) is 13.2 Å². The van der Waals surface area contributed by atoms with Crippen molar-refractivity contribution in [1.29, 1.82) is 0 Å². The highest BCUT2D eigenvalue weighted by molar-refractivity contribution is 5.98. The summed E-state index contributed by atoms with van der Waals surface area (Å²) < 4.78 is 7.17. The summed E-state index contributed by atoms with van der Waals surface area (Å²) in [6.07, 6.45) is 1.91. The molecule has 0 fully saturated rings. The topological polar surface area (TPSA) is 69.7 Å². The van der Waals surface area contributed by atoms with Gasteiger partial charge < -0.3 is 4.74 Å². The molecule has 0 saturated heterocycles. The Kier molecular flexibility index (Phi) is 2.53. The summed E-state index contributed by atoms with van der Waals surface area (Å²) in [4.78, 5) is 15.0. The van der Waals surface area contributed by atoms with E-state index < -0.39 is 4.92 Å². The van der Waals surface area contributed by atoms with Crippen molar-refractivity contribution in [3.8, 4) is 5.75 Å². The third-order valence-corrected chi connectivity index (χ3v) is 3.79. The molecule has 0 aliphatic heterocycles. The molecule has 4 rings (SSSR count). The van der Waals surface area contributed by atoms with E-state index in [0.717, 1.165) is 27.7 Å². The molecule has 0 unspecified atom stereocenters. The molecule has 2 heterocycles. The predicted octanol–water partition coefficient (Wildman–Crippen LogP) is 3.56. The number of hydrogen-bond acceptors (Lipinski definition) is 4. The van der Waals surface area contributed by atoms with Crippen LogP contribution in [0.25, 0.3) is 27.5 Å². The summed E-state index contributed by atoms with van der Waals surface area (Å²) in [6.45, 7) is 0. The van der Waals surface area contributed by atoms with E-state index in [4.69, 9.17) is 4.74 Å². The van der Waals surface area contributed by atoms with Gasteiger partial charge in [0.25, 0.3) is 5.69 Å². The van der Waals surface area contributed by atoms with Crippen LogP contribution in [0.15, 0.2) is 48.7 Å². The zero-order valence-corrected chi connectivity index (χ0v) is 11.7. The molecule has 0 atom stereocenters. The van der Waals surface area contributed by atoms with Crippen LogP contribution in [0.5, 0.6) is 5.75 Å². The molecule has 0 aliphatic carbocycles. The standard InChI is InChI=1S/C16H11N3O3/c1-22-12-3-4-13-10(8-12)6-7-18-15-5-2-11(19(20)21)9-14(15)17-16(13)18/h2-9H,1H3. The van der Waals surface area contributed by atoms with Gasteiger partial charge in [0.15, 0.2) is 0 Å². The van der Waals surface area contributed by atoms with Crippen LogP contribution in [0.1, 0.15) is 0 Å². The van der Waals surface area contributed by atoms with Crippen molar-refractivity contribution in [2.45, 2.75) is 0 Å². The van der Waals surface area contributed by atoms with Gasteiger partial charge in [0, 0.05) is 23.7 Å². The second-order valence-corrected chi connectivity index (χ2v) is 5.00. The van der Waals surface area contributed by atoms with Gasteiger partial charge in [0.05, 0.1) is 23.1 Å². The second-order valence-electron chi connectivity index (χ2n) is 5.00. The van der Waals surface area contributed by atoms with Crippen LogP contribution in [0.4, 0.5) is 5.69 Å². The number of imidazole rings is 1. The van der Waals surface area contributed by atoms with Gasteiger partial charge in [-0.1, -0.05) is 0 Å². The fraction of sp³-hybridized carbons (Fsp3) is 0.0625. The van der Waals surface area contributed by atoms with Crippen LogP contribution in [0.2, 0.25) is 0 Å². The molecule has 2 aromatic carbocycles. The number of nitro benzene ring substituents is 1. The summed E-state index contributed by atoms with van der Waals surface area (Å²) in [7, 11) is 1.63. The second kappa shape index (κ2) is 4.42. The van der Waals surface area contributed by atoms with Gasteiger partial charge in [-0.05, 0) is 35.7 Å². The van der Waals surface area contributed by atoms with Gasteiger partial charge in [-0.2, -0.15) is 0 Å². The molecule has 0 aliphatic rings. The number of fused-ring (bicyclic) bond motifs is 5. The molecule has 108 valence electrons. The van der Waals surface area contributed by atoms with E-state index in [0.29, 0.717) is 5.52 Å². The average molecular weight is 293 g/mol. The molecule has 0 saturated carbocycles. The Morgan fingerprint density at radius 1 is 1.18 bits per heavy atom. The molecule has 0 amide bonds. The zero-order chi connectivity index (χ0) is 15.3. The molecule has 0 radical (unpaired) electrons. The van der Waals surface area contributed by atoms with Gasteiger partial charge in [0.1, 0.15) is 11.4 Å². The normalized spacial score (nSPS) is 11.3. The first-order valence-electron chi connectivity index (χ1n) is 6.70. The Hall–Kier alpha value is -3.15. The molecule has 22 heavy (non-hydrogen) atoms. The Morgan fingerprint density at radius 2 is 2.05 bits per heavy atom. The zero-order valence-electron chi connectivity index (χ0n) is 11.7. The Balaban J connectivity index is 2.08. The number of pyridine rings is 1. The predicted molar refractivity (Wildman–Crippen MR) is 83.4 cm³/mol. The summed E-state index contributed by atoms with van der Waals surface area (Å²) >= 11 is 0.